The molecule has 3 aromatic carbocycles. The first kappa shape index (κ1) is 16.5. The average molecular weight is 331 g/mol. The van der Waals surface area contributed by atoms with Gasteiger partial charge in [-0.3, -0.25) is 9.59 Å². The second-order valence-corrected chi connectivity index (χ2v) is 5.88. The third kappa shape index (κ3) is 3.59. The van der Waals surface area contributed by atoms with E-state index in [9.17, 15) is 9.59 Å². The first-order valence-corrected chi connectivity index (χ1v) is 7.98. The van der Waals surface area contributed by atoms with Crippen LogP contribution in [0.1, 0.15) is 16.7 Å². The molecule has 0 radical (unpaired) electrons. The highest BCUT2D eigenvalue weighted by molar-refractivity contribution is 5.78. The fraction of sp³-hybridized carbons (Fsp3) is 0.150. The van der Waals surface area contributed by atoms with E-state index in [2.05, 4.69) is 22.8 Å². The summed E-state index contributed by atoms with van der Waals surface area (Å²) in [5, 5.41) is 14.8. The van der Waals surface area contributed by atoms with E-state index >= 15 is 0 Å². The van der Waals surface area contributed by atoms with Crippen molar-refractivity contribution in [1.29, 1.82) is 5.26 Å². The number of hydrogen-bond acceptors (Lipinski definition) is 5. The summed E-state index contributed by atoms with van der Waals surface area (Å²) in [5.74, 6) is 0. The molecule has 0 bridgehead atoms. The zero-order valence-corrected chi connectivity index (χ0v) is 13.8. The number of aryl methyl sites for hydroxylation is 1. The van der Waals surface area contributed by atoms with Gasteiger partial charge in [-0.05, 0) is 43.2 Å². The first-order valence-electron chi connectivity index (χ1n) is 7.98. The van der Waals surface area contributed by atoms with E-state index in [1.807, 2.05) is 25.1 Å². The van der Waals surface area contributed by atoms with Crippen LogP contribution < -0.4 is 21.5 Å². The number of benzene rings is 2. The number of anilines is 3. The molecule has 0 aliphatic carbocycles. The molecule has 5 heteroatoms. The molecule has 0 saturated heterocycles. The van der Waals surface area contributed by atoms with Gasteiger partial charge in [-0.1, -0.05) is 29.8 Å². The van der Waals surface area contributed by atoms with Gasteiger partial charge >= 0.3 is 0 Å². The van der Waals surface area contributed by atoms with Gasteiger partial charge in [0.05, 0.1) is 11.6 Å². The fourth-order valence-corrected chi connectivity index (χ4v) is 2.54. The highest BCUT2D eigenvalue weighted by atomic mass is 16.2. The zero-order valence-electron chi connectivity index (χ0n) is 13.8. The Bertz CT molecular complexity index is 990. The van der Waals surface area contributed by atoms with Gasteiger partial charge in [0.15, 0.2) is 0 Å². The minimum Gasteiger partial charge on any atom is -0.380 e. The number of nitrogens with zero attached hydrogens (tertiary/aromatic N) is 1. The maximum Gasteiger partial charge on any atom is 0.253 e. The monoisotopic (exact) mass is 331 g/mol. The quantitative estimate of drug-likeness (QED) is 0.679. The van der Waals surface area contributed by atoms with Crippen LogP contribution in [-0.2, 0) is 6.42 Å². The molecule has 0 spiro atoms. The van der Waals surface area contributed by atoms with Gasteiger partial charge in [0.2, 0.25) is 0 Å². The van der Waals surface area contributed by atoms with Crippen LogP contribution in [0.4, 0.5) is 17.1 Å². The molecule has 5 nitrogen and oxygen atoms in total. The molecule has 0 atom stereocenters. The van der Waals surface area contributed by atoms with Crippen LogP contribution in [0.3, 0.4) is 0 Å². The first-order chi connectivity index (χ1) is 12.1. The van der Waals surface area contributed by atoms with Crippen molar-refractivity contribution in [2.45, 2.75) is 13.3 Å². The van der Waals surface area contributed by atoms with Crippen molar-refractivity contribution in [3.63, 3.8) is 0 Å². The Kier molecular flexibility index (Phi) is 4.62. The van der Waals surface area contributed by atoms with Crippen molar-refractivity contribution in [3.05, 3.63) is 85.7 Å². The van der Waals surface area contributed by atoms with E-state index in [0.29, 0.717) is 23.5 Å². The normalized spacial score (nSPS) is 10.4. The summed E-state index contributed by atoms with van der Waals surface area (Å²) in [4.78, 5) is 23.6. The Morgan fingerprint density at radius 3 is 2.20 bits per heavy atom. The number of nitrogens with one attached hydrogen (secondary N) is 2. The fourth-order valence-electron chi connectivity index (χ4n) is 2.54. The number of rotatable bonds is 6. The van der Waals surface area contributed by atoms with Crippen LogP contribution in [0.25, 0.3) is 0 Å². The van der Waals surface area contributed by atoms with Gasteiger partial charge in [-0.2, -0.15) is 5.26 Å². The second-order valence-electron chi connectivity index (χ2n) is 5.88. The van der Waals surface area contributed by atoms with Crippen LogP contribution in [0.15, 0.2) is 58.1 Å². The van der Waals surface area contributed by atoms with E-state index in [1.165, 1.54) is 11.1 Å². The Labute approximate surface area is 145 Å². The van der Waals surface area contributed by atoms with E-state index < -0.39 is 10.9 Å². The summed E-state index contributed by atoms with van der Waals surface area (Å²) in [6, 6.07) is 16.9. The molecular formula is C20H17N3O2. The predicted octanol–water partition coefficient (Wildman–Crippen LogP) is 2.86. The van der Waals surface area contributed by atoms with Gasteiger partial charge in [-0.25, -0.2) is 0 Å². The molecule has 0 unspecified atom stereocenters. The molecule has 0 aliphatic heterocycles. The van der Waals surface area contributed by atoms with Crippen molar-refractivity contribution in [2.24, 2.45) is 0 Å². The van der Waals surface area contributed by atoms with E-state index in [-0.39, 0.29) is 5.69 Å². The van der Waals surface area contributed by atoms with Crippen molar-refractivity contribution >= 4 is 17.1 Å². The lowest BCUT2D eigenvalue weighted by Gasteiger charge is -2.15. The maximum atomic E-state index is 11.8. The SMILES string of the molecule is Cc1ccc(CCNc2c(Nc3ccc(C#N)cc3)c(=O)c2=O)cc1. The Morgan fingerprint density at radius 1 is 0.920 bits per heavy atom. The zero-order chi connectivity index (χ0) is 17.8. The average Bonchev–Trinajstić information content (AvgIpc) is 2.65. The van der Waals surface area contributed by atoms with E-state index in [4.69, 9.17) is 5.26 Å². The molecule has 124 valence electrons. The smallest absolute Gasteiger partial charge is 0.253 e. The predicted molar refractivity (Wildman–Crippen MR) is 99.2 cm³/mol. The molecule has 2 N–H and O–H groups in total. The van der Waals surface area contributed by atoms with Gasteiger partial charge in [0, 0.05) is 12.2 Å². The number of hydrogen-bond donors (Lipinski definition) is 2. The maximum absolute atomic E-state index is 11.8. The molecule has 25 heavy (non-hydrogen) atoms. The van der Waals surface area contributed by atoms with Crippen LogP contribution in [-0.4, -0.2) is 6.54 Å². The largest absolute Gasteiger partial charge is 0.380 e. The lowest BCUT2D eigenvalue weighted by atomic mass is 10.1. The highest BCUT2D eigenvalue weighted by Crippen LogP contribution is 2.21. The summed E-state index contributed by atoms with van der Waals surface area (Å²) in [5.41, 5.74) is 3.13. The molecule has 0 aromatic heterocycles. The molecular weight excluding hydrogens is 314 g/mol. The lowest BCUT2D eigenvalue weighted by Crippen LogP contribution is -2.37. The third-order valence-corrected chi connectivity index (χ3v) is 4.03. The topological polar surface area (TPSA) is 82.0 Å². The minimum atomic E-state index is -0.526. The van der Waals surface area contributed by atoms with Gasteiger partial charge in [-0.15, -0.1) is 0 Å². The van der Waals surface area contributed by atoms with E-state index in [1.54, 1.807) is 24.3 Å². The molecule has 3 aromatic rings. The lowest BCUT2D eigenvalue weighted by molar-refractivity contribution is 1.01. The molecule has 0 saturated carbocycles. The van der Waals surface area contributed by atoms with Gasteiger partial charge < -0.3 is 10.6 Å². The van der Waals surface area contributed by atoms with Crippen molar-refractivity contribution < 1.29 is 0 Å². The van der Waals surface area contributed by atoms with Crippen LogP contribution in [0, 0.1) is 18.3 Å². The van der Waals surface area contributed by atoms with E-state index in [0.717, 1.165) is 6.42 Å². The summed E-state index contributed by atoms with van der Waals surface area (Å²) >= 11 is 0. The Hall–Kier alpha value is -3.39. The molecule has 0 aliphatic rings. The van der Waals surface area contributed by atoms with Gasteiger partial charge in [0.25, 0.3) is 10.9 Å². The summed E-state index contributed by atoms with van der Waals surface area (Å²) in [6.45, 7) is 2.60. The second kappa shape index (κ2) is 7.02. The summed E-state index contributed by atoms with van der Waals surface area (Å²) < 4.78 is 0. The molecule has 3 rings (SSSR count). The van der Waals surface area contributed by atoms with Crippen molar-refractivity contribution in [2.75, 3.05) is 17.2 Å². The Balaban J connectivity index is 1.65. The standard InChI is InChI=1S/C20H17N3O2/c1-13-2-4-14(5-3-13)10-11-22-17-18(20(25)19(17)24)23-16-8-6-15(12-21)7-9-16/h2-9,22-23H,10-11H2,1H3. The highest BCUT2D eigenvalue weighted by Gasteiger charge is 2.20. The third-order valence-electron chi connectivity index (χ3n) is 4.03. The van der Waals surface area contributed by atoms with Crippen LogP contribution >= 0.6 is 0 Å². The van der Waals surface area contributed by atoms with Gasteiger partial charge in [0.1, 0.15) is 11.4 Å². The Morgan fingerprint density at radius 2 is 1.56 bits per heavy atom. The van der Waals surface area contributed by atoms with Crippen LogP contribution in [0.5, 0.6) is 0 Å². The van der Waals surface area contributed by atoms with Crippen molar-refractivity contribution in [3.8, 4) is 6.07 Å². The molecule has 0 amide bonds. The molecule has 0 heterocycles. The molecule has 0 fully saturated rings. The van der Waals surface area contributed by atoms with Crippen molar-refractivity contribution in [1.82, 2.24) is 0 Å². The van der Waals surface area contributed by atoms with Crippen LogP contribution in [0.2, 0.25) is 0 Å². The summed E-state index contributed by atoms with van der Waals surface area (Å²) in [7, 11) is 0. The summed E-state index contributed by atoms with van der Waals surface area (Å²) in [6.07, 6.45) is 0.759. The minimum absolute atomic E-state index is 0.276. The number of nitriles is 1.